The Kier molecular flexibility index (Phi) is 8.61. The van der Waals surface area contributed by atoms with Gasteiger partial charge in [0.15, 0.2) is 5.78 Å². The minimum absolute atomic E-state index is 0.117. The van der Waals surface area contributed by atoms with E-state index in [2.05, 4.69) is 34.6 Å². The number of ketones is 1. The molecule has 0 radical (unpaired) electrons. The number of piperazine rings is 1. The first kappa shape index (κ1) is 24.9. The lowest BCUT2D eigenvalue weighted by molar-refractivity contribution is 0.0666. The van der Waals surface area contributed by atoms with Gasteiger partial charge in [-0.05, 0) is 68.9 Å². The number of Topliss-reactive ketones (excluding diaryl/α,β-unsaturated/α-hetero) is 1. The van der Waals surface area contributed by atoms with Crippen LogP contribution in [-0.4, -0.2) is 75.5 Å². The molecule has 0 bridgehead atoms. The zero-order valence-corrected chi connectivity index (χ0v) is 20.1. The van der Waals surface area contributed by atoms with Gasteiger partial charge in [0.2, 0.25) is 0 Å². The van der Waals surface area contributed by atoms with Gasteiger partial charge in [0, 0.05) is 56.1 Å². The van der Waals surface area contributed by atoms with E-state index in [1.54, 1.807) is 0 Å². The smallest absolute Gasteiger partial charge is 0.251 e. The van der Waals surface area contributed by atoms with Gasteiger partial charge >= 0.3 is 0 Å². The van der Waals surface area contributed by atoms with E-state index >= 15 is 0 Å². The molecule has 1 saturated heterocycles. The molecule has 1 aliphatic heterocycles. The van der Waals surface area contributed by atoms with Gasteiger partial charge in [-0.25, -0.2) is 0 Å². The molecule has 4 N–H and O–H groups in total. The van der Waals surface area contributed by atoms with E-state index in [1.165, 1.54) is 0 Å². The van der Waals surface area contributed by atoms with Crippen LogP contribution in [-0.2, 0) is 6.42 Å². The second kappa shape index (κ2) is 11.4. The molecule has 0 saturated carbocycles. The van der Waals surface area contributed by atoms with Crippen molar-refractivity contribution in [3.8, 4) is 0 Å². The summed E-state index contributed by atoms with van der Waals surface area (Å²) in [5.41, 5.74) is 8.28. The molecule has 0 aromatic heterocycles. The maximum Gasteiger partial charge on any atom is 0.251 e. The van der Waals surface area contributed by atoms with Crippen molar-refractivity contribution in [1.29, 1.82) is 0 Å². The van der Waals surface area contributed by atoms with E-state index in [0.717, 1.165) is 43.0 Å². The summed E-state index contributed by atoms with van der Waals surface area (Å²) in [5, 5.41) is 6.15. The Morgan fingerprint density at radius 3 is 2.18 bits per heavy atom. The third-order valence-electron chi connectivity index (χ3n) is 6.62. The number of nitrogens with one attached hydrogen (secondary N) is 2. The van der Waals surface area contributed by atoms with Crippen molar-refractivity contribution in [3.63, 3.8) is 0 Å². The summed E-state index contributed by atoms with van der Waals surface area (Å²) >= 11 is 0. The molecular weight excluding hydrogens is 414 g/mol. The fraction of sp³-hybridized carbons (Fsp3) is 0.462. The molecule has 2 aromatic carbocycles. The minimum atomic E-state index is -0.667. The van der Waals surface area contributed by atoms with E-state index < -0.39 is 5.54 Å². The molecule has 0 aliphatic carbocycles. The molecule has 178 valence electrons. The zero-order chi connectivity index (χ0) is 23.8. The Bertz CT molecular complexity index is 921. The molecule has 1 unspecified atom stereocenters. The fourth-order valence-electron chi connectivity index (χ4n) is 4.46. The van der Waals surface area contributed by atoms with Gasteiger partial charge in [-0.15, -0.1) is 0 Å². The molecule has 0 spiro atoms. The topological polar surface area (TPSA) is 90.7 Å². The van der Waals surface area contributed by atoms with Crippen molar-refractivity contribution >= 4 is 17.4 Å². The van der Waals surface area contributed by atoms with Gasteiger partial charge in [0.25, 0.3) is 5.91 Å². The van der Waals surface area contributed by atoms with Crippen LogP contribution >= 0.6 is 0 Å². The largest absolute Gasteiger partial charge is 0.369 e. The van der Waals surface area contributed by atoms with Gasteiger partial charge in [-0.2, -0.15) is 0 Å². The summed E-state index contributed by atoms with van der Waals surface area (Å²) in [4.78, 5) is 30.3. The second-order valence-corrected chi connectivity index (χ2v) is 8.81. The number of anilines is 1. The Balaban J connectivity index is 1.79. The van der Waals surface area contributed by atoms with Crippen molar-refractivity contribution in [2.75, 3.05) is 58.3 Å². The predicted molar refractivity (Wildman–Crippen MR) is 134 cm³/mol. The highest BCUT2D eigenvalue weighted by Crippen LogP contribution is 2.29. The summed E-state index contributed by atoms with van der Waals surface area (Å²) in [7, 11) is 3.93. The first-order chi connectivity index (χ1) is 15.9. The van der Waals surface area contributed by atoms with Crippen molar-refractivity contribution in [1.82, 2.24) is 15.5 Å². The molecule has 7 nitrogen and oxygen atoms in total. The number of likely N-dealkylation sites (N-methyl/N-ethyl adjacent to an activating group) is 1. The Morgan fingerprint density at radius 1 is 1.03 bits per heavy atom. The highest BCUT2D eigenvalue weighted by molar-refractivity contribution is 6.03. The number of hydrogen-bond donors (Lipinski definition) is 3. The third-order valence-corrected chi connectivity index (χ3v) is 6.62. The number of benzene rings is 2. The van der Waals surface area contributed by atoms with Gasteiger partial charge < -0.3 is 21.3 Å². The molecule has 2 aromatic rings. The van der Waals surface area contributed by atoms with Crippen LogP contribution in [0, 0.1) is 0 Å². The van der Waals surface area contributed by atoms with Crippen LogP contribution < -0.4 is 21.3 Å². The first-order valence-electron chi connectivity index (χ1n) is 11.8. The van der Waals surface area contributed by atoms with Gasteiger partial charge in [-0.3, -0.25) is 14.5 Å². The maximum atomic E-state index is 13.8. The lowest BCUT2D eigenvalue weighted by Gasteiger charge is -2.38. The van der Waals surface area contributed by atoms with Crippen LogP contribution in [0.25, 0.3) is 0 Å². The molecular formula is C26H37N5O2. The number of carbonyl (C=O) groups excluding carboxylic acids is 2. The number of nitrogens with zero attached hydrogens (tertiary/aromatic N) is 2. The second-order valence-electron chi connectivity index (χ2n) is 8.81. The lowest BCUT2D eigenvalue weighted by atomic mass is 9.80. The van der Waals surface area contributed by atoms with E-state index in [0.29, 0.717) is 31.5 Å². The van der Waals surface area contributed by atoms with Crippen molar-refractivity contribution in [2.24, 2.45) is 5.73 Å². The first-order valence-corrected chi connectivity index (χ1v) is 11.8. The van der Waals surface area contributed by atoms with Gasteiger partial charge in [0.05, 0.1) is 5.54 Å². The highest BCUT2D eigenvalue weighted by atomic mass is 16.1. The molecule has 33 heavy (non-hydrogen) atoms. The van der Waals surface area contributed by atoms with E-state index in [4.69, 9.17) is 5.73 Å². The maximum absolute atomic E-state index is 13.8. The number of amides is 1. The lowest BCUT2D eigenvalue weighted by Crippen LogP contribution is -2.52. The van der Waals surface area contributed by atoms with Crippen molar-refractivity contribution in [3.05, 3.63) is 65.2 Å². The van der Waals surface area contributed by atoms with Crippen LogP contribution in [0.1, 0.15) is 39.6 Å². The van der Waals surface area contributed by atoms with E-state index in [1.807, 2.05) is 55.4 Å². The SMILES string of the molecule is CCC(Cc1ccc(C(=O)NCCN)cc1)(C(=O)c1ccc(N2CCNCC2)cc1)N(C)C. The predicted octanol–water partition coefficient (Wildman–Crippen LogP) is 1.92. The number of hydrogen-bond acceptors (Lipinski definition) is 6. The quantitative estimate of drug-likeness (QED) is 0.478. The molecule has 1 amide bonds. The monoisotopic (exact) mass is 451 g/mol. The Labute approximate surface area is 197 Å². The number of rotatable bonds is 10. The van der Waals surface area contributed by atoms with Gasteiger partial charge in [-0.1, -0.05) is 19.1 Å². The fourth-order valence-corrected chi connectivity index (χ4v) is 4.46. The highest BCUT2D eigenvalue weighted by Gasteiger charge is 2.39. The number of nitrogens with two attached hydrogens (primary N) is 1. The van der Waals surface area contributed by atoms with E-state index in [9.17, 15) is 9.59 Å². The summed E-state index contributed by atoms with van der Waals surface area (Å²) in [6, 6.07) is 15.5. The minimum Gasteiger partial charge on any atom is -0.369 e. The molecule has 7 heteroatoms. The summed E-state index contributed by atoms with van der Waals surface area (Å²) < 4.78 is 0. The molecule has 1 aliphatic rings. The van der Waals surface area contributed by atoms with Crippen molar-refractivity contribution < 1.29 is 9.59 Å². The molecule has 3 rings (SSSR count). The normalized spacial score (nSPS) is 15.8. The van der Waals surface area contributed by atoms with E-state index in [-0.39, 0.29) is 11.7 Å². The standard InChI is InChI=1S/C26H37N5O2/c1-4-26(30(2)3,19-20-5-7-22(8-6-20)25(33)29-14-13-27)24(32)21-9-11-23(12-10-21)31-17-15-28-16-18-31/h5-12,28H,4,13-19,27H2,1-3H3,(H,29,33). The molecule has 1 fully saturated rings. The van der Waals surface area contributed by atoms with Crippen molar-refractivity contribution in [2.45, 2.75) is 25.3 Å². The van der Waals surface area contributed by atoms with Crippen LogP contribution in [0.3, 0.4) is 0 Å². The summed E-state index contributed by atoms with van der Waals surface area (Å²) in [6.07, 6.45) is 1.25. The third kappa shape index (κ3) is 5.79. The van der Waals surface area contributed by atoms with Crippen LogP contribution in [0.4, 0.5) is 5.69 Å². The molecule has 1 atom stereocenters. The van der Waals surface area contributed by atoms with Crippen LogP contribution in [0.5, 0.6) is 0 Å². The zero-order valence-electron chi connectivity index (χ0n) is 20.1. The average Bonchev–Trinajstić information content (AvgIpc) is 2.86. The Hall–Kier alpha value is -2.74. The average molecular weight is 452 g/mol. The number of carbonyl (C=O) groups is 2. The van der Waals surface area contributed by atoms with Gasteiger partial charge in [0.1, 0.15) is 0 Å². The summed E-state index contributed by atoms with van der Waals surface area (Å²) in [6.45, 7) is 6.82. The van der Waals surface area contributed by atoms with Crippen LogP contribution in [0.15, 0.2) is 48.5 Å². The van der Waals surface area contributed by atoms with Crippen LogP contribution in [0.2, 0.25) is 0 Å². The molecule has 1 heterocycles. The Morgan fingerprint density at radius 2 is 1.64 bits per heavy atom. The summed E-state index contributed by atoms with van der Waals surface area (Å²) in [5.74, 6) is -0.0198.